The molecule has 2 unspecified atom stereocenters. The highest BCUT2D eigenvalue weighted by atomic mass is 16.5. The van der Waals surface area contributed by atoms with Crippen molar-refractivity contribution in [2.24, 2.45) is 0 Å². The van der Waals surface area contributed by atoms with E-state index in [1.807, 2.05) is 0 Å². The van der Waals surface area contributed by atoms with E-state index < -0.39 is 24.6 Å². The number of carbonyl (C=O) groups is 1. The number of aliphatic carboxylic acids is 1. The number of aliphatic hydroxyl groups is 2. The topological polar surface area (TPSA) is 93.1 Å². The Labute approximate surface area is 202 Å². The quantitative estimate of drug-likeness (QED) is 0.589. The number of benzene rings is 2. The largest absolute Gasteiger partial charge is 0.550 e. The van der Waals surface area contributed by atoms with Crippen molar-refractivity contribution in [3.63, 3.8) is 0 Å². The summed E-state index contributed by atoms with van der Waals surface area (Å²) >= 11 is 0. The second kappa shape index (κ2) is 9.59. The van der Waals surface area contributed by atoms with Crippen LogP contribution in [0.5, 0.6) is 5.75 Å². The number of hydrogen-bond donors (Lipinski definition) is 2. The Kier molecular flexibility index (Phi) is 6.92. The van der Waals surface area contributed by atoms with Gasteiger partial charge in [0.1, 0.15) is 11.4 Å². The van der Waals surface area contributed by atoms with Crippen molar-refractivity contribution in [3.8, 4) is 5.75 Å². The third-order valence-electron chi connectivity index (χ3n) is 6.91. The van der Waals surface area contributed by atoms with Gasteiger partial charge < -0.3 is 29.8 Å². The van der Waals surface area contributed by atoms with Crippen LogP contribution in [-0.4, -0.2) is 34.0 Å². The monoisotopic (exact) mass is 466 g/mol. The van der Waals surface area contributed by atoms with E-state index in [2.05, 4.69) is 62.9 Å². The number of anilines is 1. The molecule has 6 heteroatoms. The molecule has 2 atom stereocenters. The first-order valence-corrected chi connectivity index (χ1v) is 12.3. The van der Waals surface area contributed by atoms with Crippen molar-refractivity contribution in [3.05, 3.63) is 58.1 Å². The molecule has 184 valence electrons. The van der Waals surface area contributed by atoms with Crippen LogP contribution in [0.4, 0.5) is 5.69 Å². The maximum atomic E-state index is 10.8. The van der Waals surface area contributed by atoms with Crippen LogP contribution in [0.15, 0.2) is 30.3 Å². The zero-order valence-electron chi connectivity index (χ0n) is 20.6. The standard InChI is InChI=1S/C28H37NO5/c1-17(2)26-23(10-9-21(30)12-22(31)13-25(32)33)27-20(14-28(3,4)34-27)11-24(26)29-15-18-7-5-6-8-19(18)16-29/h5-8,11,17,21-22,30-31H,9-10,12-16H2,1-4H3,(H,32,33)/p-1. The van der Waals surface area contributed by atoms with Crippen LogP contribution in [-0.2, 0) is 30.7 Å². The number of ether oxygens (including phenoxy) is 1. The van der Waals surface area contributed by atoms with Gasteiger partial charge in [-0.3, -0.25) is 0 Å². The van der Waals surface area contributed by atoms with Crippen LogP contribution >= 0.6 is 0 Å². The van der Waals surface area contributed by atoms with Crippen LogP contribution in [0.3, 0.4) is 0 Å². The van der Waals surface area contributed by atoms with E-state index in [0.717, 1.165) is 30.8 Å². The summed E-state index contributed by atoms with van der Waals surface area (Å²) in [5.74, 6) is -0.127. The molecule has 0 fully saturated rings. The molecule has 0 saturated heterocycles. The van der Waals surface area contributed by atoms with E-state index in [1.165, 1.54) is 27.9 Å². The lowest BCUT2D eigenvalue weighted by molar-refractivity contribution is -0.307. The minimum absolute atomic E-state index is 0.0145. The predicted octanol–water partition coefficient (Wildman–Crippen LogP) is 3.23. The van der Waals surface area contributed by atoms with E-state index >= 15 is 0 Å². The van der Waals surface area contributed by atoms with Gasteiger partial charge in [0.05, 0.1) is 12.2 Å². The summed E-state index contributed by atoms with van der Waals surface area (Å²) in [5, 5.41) is 31.2. The van der Waals surface area contributed by atoms with Gasteiger partial charge in [0.15, 0.2) is 0 Å². The van der Waals surface area contributed by atoms with Crippen molar-refractivity contribution >= 4 is 11.7 Å². The van der Waals surface area contributed by atoms with Gasteiger partial charge in [-0.1, -0.05) is 38.1 Å². The molecule has 0 saturated carbocycles. The number of rotatable bonds is 9. The third kappa shape index (κ3) is 5.23. The van der Waals surface area contributed by atoms with E-state index in [9.17, 15) is 20.1 Å². The van der Waals surface area contributed by atoms with Crippen LogP contribution in [0.25, 0.3) is 0 Å². The Bertz CT molecular complexity index is 1040. The molecule has 2 aromatic carbocycles. The predicted molar refractivity (Wildman–Crippen MR) is 130 cm³/mol. The first-order valence-electron chi connectivity index (χ1n) is 12.3. The summed E-state index contributed by atoms with van der Waals surface area (Å²) in [6.45, 7) is 10.3. The first-order chi connectivity index (χ1) is 16.0. The average molecular weight is 467 g/mol. The molecule has 2 heterocycles. The molecule has 0 aliphatic carbocycles. The van der Waals surface area contributed by atoms with Crippen LogP contribution < -0.4 is 14.7 Å². The highest BCUT2D eigenvalue weighted by Gasteiger charge is 2.36. The fourth-order valence-corrected chi connectivity index (χ4v) is 5.48. The summed E-state index contributed by atoms with van der Waals surface area (Å²) in [6, 6.07) is 10.9. The molecule has 34 heavy (non-hydrogen) atoms. The van der Waals surface area contributed by atoms with Gasteiger partial charge in [0.2, 0.25) is 0 Å². The number of carbonyl (C=O) groups excluding carboxylic acids is 1. The Morgan fingerprint density at radius 1 is 1.12 bits per heavy atom. The summed E-state index contributed by atoms with van der Waals surface area (Å²) in [5.41, 5.74) is 7.21. The average Bonchev–Trinajstić information content (AvgIpc) is 3.29. The molecule has 2 N–H and O–H groups in total. The molecule has 2 aromatic rings. The fraction of sp³-hybridized carbons (Fsp3) is 0.536. The Balaban J connectivity index is 1.66. The van der Waals surface area contributed by atoms with Crippen molar-refractivity contribution in [2.45, 2.75) is 96.6 Å². The minimum Gasteiger partial charge on any atom is -0.550 e. The van der Waals surface area contributed by atoms with Crippen LogP contribution in [0, 0.1) is 0 Å². The number of fused-ring (bicyclic) bond motifs is 2. The Hall–Kier alpha value is -2.57. The zero-order valence-corrected chi connectivity index (χ0v) is 20.6. The van der Waals surface area contributed by atoms with Crippen LogP contribution in [0.2, 0.25) is 0 Å². The second-order valence-corrected chi connectivity index (χ2v) is 10.8. The highest BCUT2D eigenvalue weighted by molar-refractivity contribution is 5.68. The lowest BCUT2D eigenvalue weighted by Gasteiger charge is -2.28. The van der Waals surface area contributed by atoms with Gasteiger partial charge in [-0.15, -0.1) is 0 Å². The van der Waals surface area contributed by atoms with Crippen molar-refractivity contribution in [1.82, 2.24) is 0 Å². The number of hydrogen-bond acceptors (Lipinski definition) is 6. The summed E-state index contributed by atoms with van der Waals surface area (Å²) in [7, 11) is 0. The summed E-state index contributed by atoms with van der Waals surface area (Å²) < 4.78 is 6.43. The van der Waals surface area contributed by atoms with Gasteiger partial charge in [-0.25, -0.2) is 0 Å². The SMILES string of the molecule is CC(C)c1c(N2Cc3ccccc3C2)cc2c(c1CCC(O)CC(O)CC(=O)[O-])OC(C)(C)C2. The van der Waals surface area contributed by atoms with Gasteiger partial charge in [-0.2, -0.15) is 0 Å². The van der Waals surface area contributed by atoms with Crippen molar-refractivity contribution in [2.75, 3.05) is 4.90 Å². The van der Waals surface area contributed by atoms with Gasteiger partial charge in [-0.05, 0) is 61.8 Å². The molecule has 6 nitrogen and oxygen atoms in total. The summed E-state index contributed by atoms with van der Waals surface area (Å²) in [6.07, 6.45) is -0.524. The van der Waals surface area contributed by atoms with E-state index in [0.29, 0.717) is 12.8 Å². The Morgan fingerprint density at radius 3 is 2.35 bits per heavy atom. The number of carboxylic acids is 1. The van der Waals surface area contributed by atoms with Gasteiger partial charge in [0, 0.05) is 48.7 Å². The highest BCUT2D eigenvalue weighted by Crippen LogP contribution is 2.47. The molecule has 0 spiro atoms. The molecule has 0 amide bonds. The lowest BCUT2D eigenvalue weighted by Crippen LogP contribution is -2.29. The van der Waals surface area contributed by atoms with E-state index in [-0.39, 0.29) is 17.9 Å². The maximum absolute atomic E-state index is 10.8. The van der Waals surface area contributed by atoms with Crippen LogP contribution in [0.1, 0.15) is 80.7 Å². The van der Waals surface area contributed by atoms with Crippen molar-refractivity contribution in [1.29, 1.82) is 0 Å². The second-order valence-electron chi connectivity index (χ2n) is 10.8. The summed E-state index contributed by atoms with van der Waals surface area (Å²) in [4.78, 5) is 13.2. The zero-order chi connectivity index (χ0) is 24.6. The minimum atomic E-state index is -1.31. The molecule has 0 bridgehead atoms. The number of carboxylic acid groups (broad SMARTS) is 1. The lowest BCUT2D eigenvalue weighted by atomic mass is 9.87. The Morgan fingerprint density at radius 2 is 1.76 bits per heavy atom. The maximum Gasteiger partial charge on any atom is 0.127 e. The molecule has 0 aromatic heterocycles. The van der Waals surface area contributed by atoms with Gasteiger partial charge in [0.25, 0.3) is 0 Å². The fourth-order valence-electron chi connectivity index (χ4n) is 5.48. The molecule has 2 aliphatic rings. The molecule has 4 rings (SSSR count). The normalized spacial score (nSPS) is 17.9. The molecular weight excluding hydrogens is 430 g/mol. The number of nitrogens with zero attached hydrogens (tertiary/aromatic N) is 1. The first kappa shape index (κ1) is 24.6. The molecule has 2 aliphatic heterocycles. The van der Waals surface area contributed by atoms with Crippen molar-refractivity contribution < 1.29 is 24.9 Å². The third-order valence-corrected chi connectivity index (χ3v) is 6.91. The molecule has 0 radical (unpaired) electrons. The van der Waals surface area contributed by atoms with E-state index in [4.69, 9.17) is 4.74 Å². The van der Waals surface area contributed by atoms with Gasteiger partial charge >= 0.3 is 0 Å². The molecular formula is C28H36NO5-. The number of aliphatic hydroxyl groups excluding tert-OH is 2. The smallest absolute Gasteiger partial charge is 0.127 e. The van der Waals surface area contributed by atoms with E-state index in [1.54, 1.807) is 0 Å².